The summed E-state index contributed by atoms with van der Waals surface area (Å²) in [6.45, 7) is 6.59. The molecular formula is C17H22N4. The van der Waals surface area contributed by atoms with Crippen LogP contribution in [0.25, 0.3) is 21.9 Å². The molecule has 1 aromatic carbocycles. The van der Waals surface area contributed by atoms with Gasteiger partial charge in [-0.1, -0.05) is 31.5 Å². The Balaban J connectivity index is 2.38. The lowest BCUT2D eigenvalue weighted by Crippen LogP contribution is -2.06. The summed E-state index contributed by atoms with van der Waals surface area (Å²) in [6, 6.07) is 8.51. The molecule has 0 radical (unpaired) electrons. The molecule has 21 heavy (non-hydrogen) atoms. The molecule has 0 aliphatic carbocycles. The van der Waals surface area contributed by atoms with Crippen LogP contribution < -0.4 is 5.73 Å². The Bertz CT molecular complexity index is 786. The van der Waals surface area contributed by atoms with Gasteiger partial charge in [0.25, 0.3) is 0 Å². The van der Waals surface area contributed by atoms with E-state index in [0.717, 1.165) is 47.0 Å². The van der Waals surface area contributed by atoms with E-state index in [-0.39, 0.29) is 0 Å². The average molecular weight is 282 g/mol. The molecule has 0 aliphatic rings. The molecule has 0 amide bonds. The number of pyridine rings is 1. The number of hydrogen-bond acceptors (Lipinski definition) is 3. The molecule has 110 valence electrons. The minimum absolute atomic E-state index is 0.354. The van der Waals surface area contributed by atoms with Crippen molar-refractivity contribution in [2.45, 2.75) is 46.1 Å². The quantitative estimate of drug-likeness (QED) is 0.784. The Labute approximate surface area is 125 Å². The van der Waals surface area contributed by atoms with Gasteiger partial charge in [-0.3, -0.25) is 0 Å². The van der Waals surface area contributed by atoms with Gasteiger partial charge in [-0.25, -0.2) is 9.97 Å². The molecule has 0 saturated carbocycles. The largest absolute Gasteiger partial charge is 0.382 e. The number of nitrogens with zero attached hydrogens (tertiary/aromatic N) is 3. The van der Waals surface area contributed by atoms with Crippen LogP contribution in [-0.2, 0) is 6.42 Å². The van der Waals surface area contributed by atoms with Crippen molar-refractivity contribution in [1.82, 2.24) is 14.5 Å². The van der Waals surface area contributed by atoms with Crippen molar-refractivity contribution >= 4 is 27.8 Å². The number of fused-ring (bicyclic) bond motifs is 3. The highest BCUT2D eigenvalue weighted by molar-refractivity contribution is 6.06. The molecule has 3 aromatic rings. The van der Waals surface area contributed by atoms with E-state index in [1.807, 2.05) is 18.2 Å². The zero-order valence-electron chi connectivity index (χ0n) is 12.9. The highest BCUT2D eigenvalue weighted by Gasteiger charge is 2.18. The maximum absolute atomic E-state index is 6.15. The molecule has 0 bridgehead atoms. The SMILES string of the molecule is CCCCc1nc2c(N)nc3ccccc3c2n1C(C)C. The highest BCUT2D eigenvalue weighted by atomic mass is 15.1. The van der Waals surface area contributed by atoms with Crippen LogP contribution in [0.4, 0.5) is 5.82 Å². The van der Waals surface area contributed by atoms with Gasteiger partial charge in [0.05, 0.1) is 11.0 Å². The van der Waals surface area contributed by atoms with Gasteiger partial charge in [-0.05, 0) is 26.3 Å². The Morgan fingerprint density at radius 1 is 1.19 bits per heavy atom. The van der Waals surface area contributed by atoms with E-state index < -0.39 is 0 Å². The van der Waals surface area contributed by atoms with Crippen LogP contribution in [0.1, 0.15) is 45.5 Å². The number of nitrogen functional groups attached to an aromatic ring is 1. The number of aromatic nitrogens is 3. The van der Waals surface area contributed by atoms with E-state index in [4.69, 9.17) is 10.7 Å². The van der Waals surface area contributed by atoms with Crippen molar-refractivity contribution in [2.24, 2.45) is 0 Å². The number of rotatable bonds is 4. The summed E-state index contributed by atoms with van der Waals surface area (Å²) in [5, 5.41) is 1.13. The monoisotopic (exact) mass is 282 g/mol. The molecule has 0 spiro atoms. The lowest BCUT2D eigenvalue weighted by Gasteiger charge is -2.14. The molecule has 3 rings (SSSR count). The first-order valence-electron chi connectivity index (χ1n) is 7.68. The average Bonchev–Trinajstić information content (AvgIpc) is 2.85. The number of nitrogens with two attached hydrogens (primary N) is 1. The number of aryl methyl sites for hydroxylation is 1. The molecule has 2 N–H and O–H groups in total. The predicted octanol–water partition coefficient (Wildman–Crippen LogP) is 4.09. The van der Waals surface area contributed by atoms with Crippen LogP contribution in [-0.4, -0.2) is 14.5 Å². The van der Waals surface area contributed by atoms with Gasteiger partial charge in [0.1, 0.15) is 11.3 Å². The van der Waals surface area contributed by atoms with E-state index in [1.165, 1.54) is 0 Å². The molecular weight excluding hydrogens is 260 g/mol. The smallest absolute Gasteiger partial charge is 0.152 e. The molecule has 0 aliphatic heterocycles. The second-order valence-electron chi connectivity index (χ2n) is 5.81. The maximum atomic E-state index is 6.15. The number of hydrogen-bond donors (Lipinski definition) is 1. The summed E-state index contributed by atoms with van der Waals surface area (Å²) >= 11 is 0. The molecule has 0 atom stereocenters. The fourth-order valence-electron chi connectivity index (χ4n) is 2.94. The summed E-state index contributed by atoms with van der Waals surface area (Å²) in [5.41, 5.74) is 9.05. The third kappa shape index (κ3) is 2.24. The third-order valence-electron chi connectivity index (χ3n) is 3.90. The summed E-state index contributed by atoms with van der Waals surface area (Å²) < 4.78 is 2.32. The van der Waals surface area contributed by atoms with Gasteiger partial charge in [-0.2, -0.15) is 0 Å². The third-order valence-corrected chi connectivity index (χ3v) is 3.90. The van der Waals surface area contributed by atoms with Crippen molar-refractivity contribution in [2.75, 3.05) is 5.73 Å². The van der Waals surface area contributed by atoms with Crippen LogP contribution in [0, 0.1) is 0 Å². The fraction of sp³-hybridized carbons (Fsp3) is 0.412. The second kappa shape index (κ2) is 5.35. The van der Waals surface area contributed by atoms with Crippen LogP contribution in [0.5, 0.6) is 0 Å². The lowest BCUT2D eigenvalue weighted by atomic mass is 10.1. The number of imidazole rings is 1. The minimum atomic E-state index is 0.354. The summed E-state index contributed by atoms with van der Waals surface area (Å²) in [7, 11) is 0. The highest BCUT2D eigenvalue weighted by Crippen LogP contribution is 2.31. The van der Waals surface area contributed by atoms with Crippen LogP contribution in [0.3, 0.4) is 0 Å². The fourth-order valence-corrected chi connectivity index (χ4v) is 2.94. The van der Waals surface area contributed by atoms with Crippen LogP contribution >= 0.6 is 0 Å². The first kappa shape index (κ1) is 13.9. The Morgan fingerprint density at radius 2 is 1.95 bits per heavy atom. The lowest BCUT2D eigenvalue weighted by molar-refractivity contribution is 0.575. The van der Waals surface area contributed by atoms with E-state index in [9.17, 15) is 0 Å². The Kier molecular flexibility index (Phi) is 3.53. The standard InChI is InChI=1S/C17H22N4/c1-4-5-10-14-20-15-16(21(14)11(2)3)12-8-6-7-9-13(12)19-17(15)18/h6-9,11H,4-5,10H2,1-3H3,(H2,18,19). The summed E-state index contributed by atoms with van der Waals surface area (Å²) in [5.74, 6) is 1.65. The molecule has 0 fully saturated rings. The van der Waals surface area contributed by atoms with Gasteiger partial charge in [0, 0.05) is 17.8 Å². The van der Waals surface area contributed by atoms with Crippen LogP contribution in [0.15, 0.2) is 24.3 Å². The molecule has 4 nitrogen and oxygen atoms in total. The van der Waals surface area contributed by atoms with E-state index in [2.05, 4.69) is 36.4 Å². The van der Waals surface area contributed by atoms with Gasteiger partial charge >= 0.3 is 0 Å². The zero-order chi connectivity index (χ0) is 15.0. The Morgan fingerprint density at radius 3 is 2.67 bits per heavy atom. The van der Waals surface area contributed by atoms with Gasteiger partial charge in [-0.15, -0.1) is 0 Å². The number of anilines is 1. The topological polar surface area (TPSA) is 56.7 Å². The minimum Gasteiger partial charge on any atom is -0.382 e. The van der Waals surface area contributed by atoms with E-state index in [1.54, 1.807) is 0 Å². The first-order chi connectivity index (χ1) is 10.1. The van der Waals surface area contributed by atoms with Crippen molar-refractivity contribution in [1.29, 1.82) is 0 Å². The normalized spacial score (nSPS) is 11.8. The molecule has 2 aromatic heterocycles. The van der Waals surface area contributed by atoms with Crippen molar-refractivity contribution < 1.29 is 0 Å². The first-order valence-corrected chi connectivity index (χ1v) is 7.68. The van der Waals surface area contributed by atoms with E-state index in [0.29, 0.717) is 11.9 Å². The van der Waals surface area contributed by atoms with E-state index >= 15 is 0 Å². The van der Waals surface area contributed by atoms with Crippen molar-refractivity contribution in [3.63, 3.8) is 0 Å². The van der Waals surface area contributed by atoms with Crippen molar-refractivity contribution in [3.05, 3.63) is 30.1 Å². The predicted molar refractivity (Wildman–Crippen MR) is 88.4 cm³/mol. The van der Waals surface area contributed by atoms with Gasteiger partial charge in [0.2, 0.25) is 0 Å². The molecule has 4 heteroatoms. The Hall–Kier alpha value is -2.10. The number of benzene rings is 1. The molecule has 0 saturated heterocycles. The second-order valence-corrected chi connectivity index (χ2v) is 5.81. The number of unbranched alkanes of at least 4 members (excludes halogenated alkanes) is 1. The molecule has 2 heterocycles. The summed E-state index contributed by atoms with van der Waals surface area (Å²) in [4.78, 5) is 9.30. The van der Waals surface area contributed by atoms with Crippen LogP contribution in [0.2, 0.25) is 0 Å². The number of para-hydroxylation sites is 1. The maximum Gasteiger partial charge on any atom is 0.152 e. The summed E-state index contributed by atoms with van der Waals surface area (Å²) in [6.07, 6.45) is 3.29. The van der Waals surface area contributed by atoms with Crippen molar-refractivity contribution in [3.8, 4) is 0 Å². The van der Waals surface area contributed by atoms with Gasteiger partial charge < -0.3 is 10.3 Å². The van der Waals surface area contributed by atoms with Gasteiger partial charge in [0.15, 0.2) is 5.82 Å². The zero-order valence-corrected chi connectivity index (χ0v) is 12.9. The molecule has 0 unspecified atom stereocenters.